The highest BCUT2D eigenvalue weighted by atomic mass is 35.5. The average molecular weight is 792 g/mol. The summed E-state index contributed by atoms with van der Waals surface area (Å²) >= 11 is 13.6. The highest BCUT2D eigenvalue weighted by Crippen LogP contribution is 2.54. The SMILES string of the molecule is CCOc1ccc2cc(Cl)ccc2c1-c1c(OCC)cc(-c2cc(-c3ccccc3)c(-c3ccccc3)c(-c3ccccc3)c2-c2ccccc2)c2cc(Cl)ccc12. The van der Waals surface area contributed by atoms with Crippen molar-refractivity contribution in [3.05, 3.63) is 192 Å². The van der Waals surface area contributed by atoms with Crippen LogP contribution in [0.5, 0.6) is 11.5 Å². The van der Waals surface area contributed by atoms with Crippen LogP contribution in [0.25, 0.3) is 88.3 Å². The molecule has 282 valence electrons. The molecule has 0 N–H and O–H groups in total. The molecule has 58 heavy (non-hydrogen) atoms. The Morgan fingerprint density at radius 2 is 0.828 bits per heavy atom. The van der Waals surface area contributed by atoms with Crippen molar-refractivity contribution in [2.75, 3.05) is 13.2 Å². The monoisotopic (exact) mass is 790 g/mol. The van der Waals surface area contributed by atoms with Gasteiger partial charge in [-0.05, 0) is 133 Å². The van der Waals surface area contributed by atoms with Crippen LogP contribution in [-0.4, -0.2) is 13.2 Å². The lowest BCUT2D eigenvalue weighted by Crippen LogP contribution is -2.02. The number of halogens is 2. The Hall–Kier alpha value is -6.32. The van der Waals surface area contributed by atoms with Crippen molar-refractivity contribution in [1.29, 1.82) is 0 Å². The molecule has 0 heterocycles. The van der Waals surface area contributed by atoms with Gasteiger partial charge >= 0.3 is 0 Å². The second-order valence-electron chi connectivity index (χ2n) is 14.2. The van der Waals surface area contributed by atoms with Gasteiger partial charge in [-0.2, -0.15) is 0 Å². The minimum Gasteiger partial charge on any atom is -0.493 e. The summed E-state index contributed by atoms with van der Waals surface area (Å²) in [5.74, 6) is 1.53. The molecule has 0 aliphatic rings. The summed E-state index contributed by atoms with van der Waals surface area (Å²) in [6.07, 6.45) is 0. The third kappa shape index (κ3) is 6.89. The van der Waals surface area contributed by atoms with Gasteiger partial charge in [-0.15, -0.1) is 0 Å². The molecule has 9 aromatic carbocycles. The van der Waals surface area contributed by atoms with Gasteiger partial charge < -0.3 is 9.47 Å². The van der Waals surface area contributed by atoms with E-state index >= 15 is 0 Å². The van der Waals surface area contributed by atoms with Crippen LogP contribution in [0.2, 0.25) is 10.0 Å². The van der Waals surface area contributed by atoms with E-state index in [1.54, 1.807) is 0 Å². The molecule has 0 saturated heterocycles. The Kier molecular flexibility index (Phi) is 10.5. The number of hydrogen-bond acceptors (Lipinski definition) is 2. The number of fused-ring (bicyclic) bond motifs is 2. The fourth-order valence-electron chi connectivity index (χ4n) is 8.38. The van der Waals surface area contributed by atoms with Crippen molar-refractivity contribution in [2.24, 2.45) is 0 Å². The standard InChI is InChI=1S/C54H40Cl2O2/c1-3-57-48-30-25-39-31-40(55)26-28-42(39)53(48)54-43-29-27-41(56)32-45(43)46(34-49(54)58-4-2)47-33-44(35-17-9-5-10-18-35)50(36-19-11-6-12-20-36)52(38-23-15-8-16-24-38)51(47)37-21-13-7-14-22-37/h5-34H,3-4H2,1-2H3. The van der Waals surface area contributed by atoms with Gasteiger partial charge in [-0.3, -0.25) is 0 Å². The van der Waals surface area contributed by atoms with E-state index in [1.807, 2.05) is 38.1 Å². The van der Waals surface area contributed by atoms with Gasteiger partial charge in [-0.1, -0.05) is 163 Å². The second-order valence-corrected chi connectivity index (χ2v) is 15.1. The van der Waals surface area contributed by atoms with Crippen LogP contribution in [0.15, 0.2) is 182 Å². The van der Waals surface area contributed by atoms with E-state index in [9.17, 15) is 0 Å². The molecule has 0 unspecified atom stereocenters. The Bertz CT molecular complexity index is 2910. The largest absolute Gasteiger partial charge is 0.493 e. The van der Waals surface area contributed by atoms with E-state index in [4.69, 9.17) is 32.7 Å². The van der Waals surface area contributed by atoms with Crippen LogP contribution >= 0.6 is 23.2 Å². The predicted octanol–water partition coefficient (Wildman–Crippen LogP) is 16.1. The number of rotatable bonds is 10. The van der Waals surface area contributed by atoms with Crippen LogP contribution in [0, 0.1) is 0 Å². The fourth-order valence-corrected chi connectivity index (χ4v) is 8.73. The van der Waals surface area contributed by atoms with Crippen molar-refractivity contribution < 1.29 is 9.47 Å². The Morgan fingerprint density at radius 3 is 1.41 bits per heavy atom. The molecule has 0 saturated carbocycles. The van der Waals surface area contributed by atoms with Crippen LogP contribution in [0.1, 0.15) is 13.8 Å². The van der Waals surface area contributed by atoms with Crippen molar-refractivity contribution in [2.45, 2.75) is 13.8 Å². The highest BCUT2D eigenvalue weighted by molar-refractivity contribution is 6.32. The Labute approximate surface area is 349 Å². The molecule has 0 aliphatic carbocycles. The maximum atomic E-state index is 7.02. The zero-order chi connectivity index (χ0) is 39.6. The van der Waals surface area contributed by atoms with Crippen molar-refractivity contribution in [3.8, 4) is 78.3 Å². The third-order valence-corrected chi connectivity index (χ3v) is 11.2. The van der Waals surface area contributed by atoms with Crippen LogP contribution in [-0.2, 0) is 0 Å². The first-order valence-corrected chi connectivity index (χ1v) is 20.5. The summed E-state index contributed by atoms with van der Waals surface area (Å²) in [4.78, 5) is 0. The van der Waals surface area contributed by atoms with Gasteiger partial charge in [0.1, 0.15) is 11.5 Å². The minimum absolute atomic E-state index is 0.467. The fraction of sp³-hybridized carbons (Fsp3) is 0.0741. The van der Waals surface area contributed by atoms with Gasteiger partial charge in [0.25, 0.3) is 0 Å². The smallest absolute Gasteiger partial charge is 0.128 e. The van der Waals surface area contributed by atoms with Gasteiger partial charge in [0.2, 0.25) is 0 Å². The summed E-state index contributed by atoms with van der Waals surface area (Å²) in [5, 5.41) is 5.37. The van der Waals surface area contributed by atoms with Crippen LogP contribution < -0.4 is 9.47 Å². The molecule has 9 aromatic rings. The maximum Gasteiger partial charge on any atom is 0.128 e. The van der Waals surface area contributed by atoms with E-state index in [0.717, 1.165) is 94.2 Å². The zero-order valence-corrected chi connectivity index (χ0v) is 33.8. The first-order valence-electron chi connectivity index (χ1n) is 19.7. The molecule has 0 aromatic heterocycles. The molecule has 0 fully saturated rings. The zero-order valence-electron chi connectivity index (χ0n) is 32.3. The van der Waals surface area contributed by atoms with E-state index in [-0.39, 0.29) is 0 Å². The lowest BCUT2D eigenvalue weighted by molar-refractivity contribution is 0.337. The van der Waals surface area contributed by atoms with Crippen molar-refractivity contribution >= 4 is 44.7 Å². The molecule has 0 atom stereocenters. The topological polar surface area (TPSA) is 18.5 Å². The number of hydrogen-bond donors (Lipinski definition) is 0. The van der Waals surface area contributed by atoms with E-state index in [2.05, 4.69) is 158 Å². The summed E-state index contributed by atoms with van der Waals surface area (Å²) < 4.78 is 13.1. The summed E-state index contributed by atoms with van der Waals surface area (Å²) in [6.45, 7) is 5.03. The van der Waals surface area contributed by atoms with E-state index in [0.29, 0.717) is 23.3 Å². The quantitative estimate of drug-likeness (QED) is 0.137. The predicted molar refractivity (Wildman–Crippen MR) is 246 cm³/mol. The number of benzene rings is 9. The molecule has 0 radical (unpaired) electrons. The van der Waals surface area contributed by atoms with Crippen molar-refractivity contribution in [1.82, 2.24) is 0 Å². The van der Waals surface area contributed by atoms with Crippen LogP contribution in [0.4, 0.5) is 0 Å². The molecule has 9 rings (SSSR count). The Balaban J connectivity index is 1.49. The highest BCUT2D eigenvalue weighted by Gasteiger charge is 2.27. The summed E-state index contributed by atoms with van der Waals surface area (Å²) in [7, 11) is 0. The number of ether oxygens (including phenoxy) is 2. The lowest BCUT2D eigenvalue weighted by atomic mass is 9.78. The van der Waals surface area contributed by atoms with Crippen LogP contribution in [0.3, 0.4) is 0 Å². The maximum absolute atomic E-state index is 7.02. The third-order valence-electron chi connectivity index (χ3n) is 10.7. The van der Waals surface area contributed by atoms with Crippen molar-refractivity contribution in [3.63, 3.8) is 0 Å². The second kappa shape index (κ2) is 16.3. The summed E-state index contributed by atoms with van der Waals surface area (Å²) in [6, 6.07) is 63.9. The Morgan fingerprint density at radius 1 is 0.345 bits per heavy atom. The molecule has 0 bridgehead atoms. The normalized spacial score (nSPS) is 11.2. The molecule has 0 spiro atoms. The van der Waals surface area contributed by atoms with E-state index < -0.39 is 0 Å². The van der Waals surface area contributed by atoms with E-state index in [1.165, 1.54) is 5.56 Å². The lowest BCUT2D eigenvalue weighted by Gasteiger charge is -2.26. The molecule has 2 nitrogen and oxygen atoms in total. The molecule has 0 amide bonds. The first kappa shape index (κ1) is 37.3. The molecular formula is C54H40Cl2O2. The minimum atomic E-state index is 0.467. The molecule has 0 aliphatic heterocycles. The van der Waals surface area contributed by atoms with Gasteiger partial charge in [0.15, 0.2) is 0 Å². The first-order chi connectivity index (χ1) is 28.5. The molecule has 4 heteroatoms. The molecular weight excluding hydrogens is 751 g/mol. The average Bonchev–Trinajstić information content (AvgIpc) is 3.27. The van der Waals surface area contributed by atoms with Gasteiger partial charge in [-0.25, -0.2) is 0 Å². The van der Waals surface area contributed by atoms with Gasteiger partial charge in [0, 0.05) is 21.2 Å². The van der Waals surface area contributed by atoms with Gasteiger partial charge in [0.05, 0.1) is 13.2 Å². The summed E-state index contributed by atoms with van der Waals surface area (Å²) in [5.41, 5.74) is 13.0.